The van der Waals surface area contributed by atoms with E-state index in [1.807, 2.05) is 11.0 Å². The van der Waals surface area contributed by atoms with Crippen LogP contribution >= 0.6 is 0 Å². The van der Waals surface area contributed by atoms with Gasteiger partial charge in [-0.3, -0.25) is 9.59 Å². The monoisotopic (exact) mass is 314 g/mol. The quantitative estimate of drug-likeness (QED) is 0.907. The van der Waals surface area contributed by atoms with Crippen LogP contribution < -0.4 is 5.32 Å². The summed E-state index contributed by atoms with van der Waals surface area (Å²) in [5.41, 5.74) is 1.38. The molecule has 1 aliphatic carbocycles. The van der Waals surface area contributed by atoms with Gasteiger partial charge in [0.1, 0.15) is 0 Å². The van der Waals surface area contributed by atoms with Gasteiger partial charge in [0.2, 0.25) is 11.8 Å². The molecular weight excluding hydrogens is 288 g/mol. The number of hydrogen-bond acceptors (Lipinski definition) is 2. The van der Waals surface area contributed by atoms with Crippen LogP contribution in [0.25, 0.3) is 0 Å². The van der Waals surface area contributed by atoms with Crippen molar-refractivity contribution >= 4 is 11.8 Å². The second kappa shape index (κ2) is 7.62. The molecule has 23 heavy (non-hydrogen) atoms. The zero-order valence-electron chi connectivity index (χ0n) is 13.7. The zero-order valence-corrected chi connectivity index (χ0v) is 13.7. The number of hydrogen-bond donors (Lipinski definition) is 1. The maximum absolute atomic E-state index is 12.2. The molecule has 2 aliphatic rings. The van der Waals surface area contributed by atoms with Crippen molar-refractivity contribution in [1.29, 1.82) is 0 Å². The number of piperidine rings is 1. The fourth-order valence-electron chi connectivity index (χ4n) is 3.42. The summed E-state index contributed by atoms with van der Waals surface area (Å²) in [4.78, 5) is 25.9. The molecule has 4 nitrogen and oxygen atoms in total. The Hall–Kier alpha value is -1.84. The Morgan fingerprint density at radius 1 is 1.04 bits per heavy atom. The Bertz CT molecular complexity index is 532. The van der Waals surface area contributed by atoms with Gasteiger partial charge >= 0.3 is 0 Å². The van der Waals surface area contributed by atoms with Crippen LogP contribution in [0.5, 0.6) is 0 Å². The summed E-state index contributed by atoms with van der Waals surface area (Å²) in [5.74, 6) is 0.935. The molecule has 0 radical (unpaired) electrons. The van der Waals surface area contributed by atoms with E-state index in [0.29, 0.717) is 5.92 Å². The van der Waals surface area contributed by atoms with Gasteiger partial charge in [0.15, 0.2) is 0 Å². The third kappa shape index (κ3) is 4.34. The van der Waals surface area contributed by atoms with E-state index in [4.69, 9.17) is 0 Å². The number of rotatable bonds is 5. The van der Waals surface area contributed by atoms with Crippen molar-refractivity contribution in [2.45, 2.75) is 38.5 Å². The molecule has 1 aromatic carbocycles. The average molecular weight is 314 g/mol. The van der Waals surface area contributed by atoms with Crippen molar-refractivity contribution in [3.05, 3.63) is 35.9 Å². The summed E-state index contributed by atoms with van der Waals surface area (Å²) in [6.07, 6.45) is 6.30. The number of carbonyl (C=O) groups is 2. The highest BCUT2D eigenvalue weighted by molar-refractivity contribution is 5.86. The number of nitrogens with zero attached hydrogens (tertiary/aromatic N) is 1. The number of likely N-dealkylation sites (tertiary alicyclic amines) is 1. The summed E-state index contributed by atoms with van der Waals surface area (Å²) in [6.45, 7) is 1.80. The molecule has 0 unspecified atom stereocenters. The molecule has 1 aromatic rings. The molecule has 2 amide bonds. The Kier molecular flexibility index (Phi) is 5.31. The van der Waals surface area contributed by atoms with Crippen molar-refractivity contribution in [2.24, 2.45) is 11.8 Å². The first-order chi connectivity index (χ1) is 11.2. The molecule has 1 saturated carbocycles. The fourth-order valence-corrected chi connectivity index (χ4v) is 3.42. The summed E-state index contributed by atoms with van der Waals surface area (Å²) < 4.78 is 0. The van der Waals surface area contributed by atoms with Crippen LogP contribution in [0.1, 0.15) is 37.7 Å². The highest BCUT2D eigenvalue weighted by atomic mass is 16.2. The van der Waals surface area contributed by atoms with Gasteiger partial charge in [-0.2, -0.15) is 0 Å². The molecule has 2 fully saturated rings. The Morgan fingerprint density at radius 3 is 2.35 bits per heavy atom. The second-order valence-electron chi connectivity index (χ2n) is 6.86. The topological polar surface area (TPSA) is 49.4 Å². The van der Waals surface area contributed by atoms with E-state index in [1.54, 1.807) is 0 Å². The molecule has 0 bridgehead atoms. The first kappa shape index (κ1) is 16.0. The Balaban J connectivity index is 1.38. The Labute approximate surface area is 138 Å². The lowest BCUT2D eigenvalue weighted by Gasteiger charge is -2.32. The lowest BCUT2D eigenvalue weighted by atomic mass is 9.85. The highest BCUT2D eigenvalue weighted by Crippen LogP contribution is 2.26. The van der Waals surface area contributed by atoms with E-state index in [-0.39, 0.29) is 24.3 Å². The van der Waals surface area contributed by atoms with Crippen molar-refractivity contribution in [1.82, 2.24) is 10.2 Å². The van der Waals surface area contributed by atoms with Crippen molar-refractivity contribution in [3.63, 3.8) is 0 Å². The van der Waals surface area contributed by atoms with Crippen LogP contribution in [0.2, 0.25) is 0 Å². The number of benzene rings is 1. The zero-order chi connectivity index (χ0) is 16.1. The van der Waals surface area contributed by atoms with E-state index in [9.17, 15) is 9.59 Å². The van der Waals surface area contributed by atoms with E-state index in [0.717, 1.165) is 51.6 Å². The minimum absolute atomic E-state index is 0.0589. The minimum Gasteiger partial charge on any atom is -0.347 e. The van der Waals surface area contributed by atoms with Gasteiger partial charge in [-0.1, -0.05) is 36.8 Å². The fraction of sp³-hybridized carbons (Fsp3) is 0.579. The van der Waals surface area contributed by atoms with Gasteiger partial charge < -0.3 is 10.2 Å². The maximum Gasteiger partial charge on any atom is 0.241 e. The Morgan fingerprint density at radius 2 is 1.74 bits per heavy atom. The molecule has 1 saturated heterocycles. The number of nitrogens with one attached hydrogen (secondary N) is 1. The third-order valence-corrected chi connectivity index (χ3v) is 5.22. The van der Waals surface area contributed by atoms with Crippen LogP contribution in [0.15, 0.2) is 30.3 Å². The van der Waals surface area contributed by atoms with Crippen molar-refractivity contribution in [3.8, 4) is 0 Å². The SMILES string of the molecule is O=C(NCC(=O)N1CCC(Cc2ccccc2)CC1)C1CCC1. The molecular formula is C19H26N2O2. The van der Waals surface area contributed by atoms with Gasteiger partial charge in [0.25, 0.3) is 0 Å². The highest BCUT2D eigenvalue weighted by Gasteiger charge is 2.27. The van der Waals surface area contributed by atoms with Gasteiger partial charge in [-0.05, 0) is 43.6 Å². The van der Waals surface area contributed by atoms with Crippen molar-refractivity contribution in [2.75, 3.05) is 19.6 Å². The average Bonchev–Trinajstić information content (AvgIpc) is 2.53. The molecule has 124 valence electrons. The first-order valence-corrected chi connectivity index (χ1v) is 8.82. The normalized spacial score (nSPS) is 19.2. The van der Waals surface area contributed by atoms with E-state index < -0.39 is 0 Å². The molecule has 0 spiro atoms. The number of amides is 2. The van der Waals surface area contributed by atoms with Crippen LogP contribution in [0, 0.1) is 11.8 Å². The maximum atomic E-state index is 12.2. The van der Waals surface area contributed by atoms with Gasteiger partial charge in [-0.25, -0.2) is 0 Å². The molecule has 1 aliphatic heterocycles. The summed E-state index contributed by atoms with van der Waals surface area (Å²) in [5, 5.41) is 2.80. The minimum atomic E-state index is 0.0589. The lowest BCUT2D eigenvalue weighted by molar-refractivity contribution is -0.135. The third-order valence-electron chi connectivity index (χ3n) is 5.22. The smallest absolute Gasteiger partial charge is 0.241 e. The molecule has 0 aromatic heterocycles. The van der Waals surface area contributed by atoms with Crippen LogP contribution in [0.3, 0.4) is 0 Å². The summed E-state index contributed by atoms with van der Waals surface area (Å²) in [7, 11) is 0. The van der Waals surface area contributed by atoms with E-state index in [1.165, 1.54) is 5.56 Å². The van der Waals surface area contributed by atoms with Gasteiger partial charge in [0.05, 0.1) is 6.54 Å². The van der Waals surface area contributed by atoms with Crippen LogP contribution in [-0.4, -0.2) is 36.3 Å². The molecule has 3 rings (SSSR count). The van der Waals surface area contributed by atoms with Crippen LogP contribution in [0.4, 0.5) is 0 Å². The van der Waals surface area contributed by atoms with Crippen molar-refractivity contribution < 1.29 is 9.59 Å². The van der Waals surface area contributed by atoms with E-state index >= 15 is 0 Å². The van der Waals surface area contributed by atoms with Crippen LogP contribution in [-0.2, 0) is 16.0 Å². The standard InChI is InChI=1S/C19H26N2O2/c22-18(14-20-19(23)17-7-4-8-17)21-11-9-16(10-12-21)13-15-5-2-1-3-6-15/h1-3,5-6,16-17H,4,7-14H2,(H,20,23). The predicted molar refractivity (Wildman–Crippen MR) is 89.8 cm³/mol. The lowest BCUT2D eigenvalue weighted by Crippen LogP contribution is -2.45. The van der Waals surface area contributed by atoms with Gasteiger partial charge in [0, 0.05) is 19.0 Å². The predicted octanol–water partition coefficient (Wildman–Crippen LogP) is 2.38. The summed E-state index contributed by atoms with van der Waals surface area (Å²) in [6, 6.07) is 10.6. The number of carbonyl (C=O) groups excluding carboxylic acids is 2. The van der Waals surface area contributed by atoms with E-state index in [2.05, 4.69) is 29.6 Å². The molecule has 1 N–H and O–H groups in total. The molecule has 4 heteroatoms. The molecule has 1 heterocycles. The second-order valence-corrected chi connectivity index (χ2v) is 6.86. The first-order valence-electron chi connectivity index (χ1n) is 8.82. The molecule has 0 atom stereocenters. The largest absolute Gasteiger partial charge is 0.347 e. The summed E-state index contributed by atoms with van der Waals surface area (Å²) >= 11 is 0. The van der Waals surface area contributed by atoms with Gasteiger partial charge in [-0.15, -0.1) is 0 Å².